The number of rotatable bonds is 5. The third kappa shape index (κ3) is 4.90. The van der Waals surface area contributed by atoms with E-state index in [9.17, 15) is 0 Å². The second-order valence-electron chi connectivity index (χ2n) is 3.07. The van der Waals surface area contributed by atoms with Crippen molar-refractivity contribution in [2.24, 2.45) is 5.10 Å². The normalized spacial score (nSPS) is 10.6. The van der Waals surface area contributed by atoms with Crippen LogP contribution in [0.1, 0.15) is 11.5 Å². The van der Waals surface area contributed by atoms with E-state index in [0.717, 1.165) is 5.76 Å². The first kappa shape index (κ1) is 12.7. The van der Waals surface area contributed by atoms with Crippen LogP contribution < -0.4 is 10.7 Å². The first-order valence-corrected chi connectivity index (χ1v) is 5.25. The molecule has 1 rings (SSSR count). The van der Waals surface area contributed by atoms with Crippen molar-refractivity contribution >= 4 is 23.5 Å². The van der Waals surface area contributed by atoms with Crippen LogP contribution in [0.4, 0.5) is 0 Å². The smallest absolute Gasteiger partial charge is 0.187 e. The average molecular weight is 241 g/mol. The van der Waals surface area contributed by atoms with Gasteiger partial charge in [0.15, 0.2) is 5.11 Å². The zero-order chi connectivity index (χ0) is 11.8. The Morgan fingerprint density at radius 3 is 3.06 bits per heavy atom. The molecular formula is C10H15N3O2S. The molecule has 0 aliphatic rings. The first-order chi connectivity index (χ1) is 7.72. The molecule has 0 fully saturated rings. The number of hydrogen-bond acceptors (Lipinski definition) is 4. The number of ether oxygens (including phenoxy) is 1. The summed E-state index contributed by atoms with van der Waals surface area (Å²) in [5, 5.41) is 7.30. The molecule has 6 heteroatoms. The minimum atomic E-state index is 0.455. The molecule has 1 heterocycles. The maximum atomic E-state index is 5.29. The van der Waals surface area contributed by atoms with Gasteiger partial charge in [0.25, 0.3) is 0 Å². The van der Waals surface area contributed by atoms with E-state index in [1.807, 2.05) is 19.1 Å². The van der Waals surface area contributed by atoms with Crippen LogP contribution in [0.3, 0.4) is 0 Å². The van der Waals surface area contributed by atoms with Crippen molar-refractivity contribution < 1.29 is 9.15 Å². The van der Waals surface area contributed by atoms with Crippen molar-refractivity contribution in [1.29, 1.82) is 0 Å². The van der Waals surface area contributed by atoms with Gasteiger partial charge in [0.05, 0.1) is 12.8 Å². The van der Waals surface area contributed by atoms with Gasteiger partial charge in [-0.15, -0.1) is 0 Å². The summed E-state index contributed by atoms with van der Waals surface area (Å²) in [4.78, 5) is 0. The minimum absolute atomic E-state index is 0.455. The van der Waals surface area contributed by atoms with Gasteiger partial charge in [-0.25, -0.2) is 0 Å². The van der Waals surface area contributed by atoms with E-state index in [-0.39, 0.29) is 0 Å². The van der Waals surface area contributed by atoms with Crippen LogP contribution in [0.25, 0.3) is 0 Å². The Bertz CT molecular complexity index is 363. The molecular weight excluding hydrogens is 226 g/mol. The quantitative estimate of drug-likeness (QED) is 0.349. The highest BCUT2D eigenvalue weighted by atomic mass is 32.1. The summed E-state index contributed by atoms with van der Waals surface area (Å²) in [5.74, 6) is 1.53. The highest BCUT2D eigenvalue weighted by Gasteiger charge is 1.94. The van der Waals surface area contributed by atoms with E-state index in [4.69, 9.17) is 21.4 Å². The highest BCUT2D eigenvalue weighted by molar-refractivity contribution is 7.80. The van der Waals surface area contributed by atoms with Crippen LogP contribution in [-0.2, 0) is 4.74 Å². The summed E-state index contributed by atoms with van der Waals surface area (Å²) in [6.45, 7) is 3.13. The standard InChI is InChI=1S/C10H15N3O2S/c1-8-3-4-9(15-8)7-12-13-10(16)11-5-6-14-2/h3-4,7H,5-6H2,1-2H3,(H2,11,13,16)/b12-7+. The maximum absolute atomic E-state index is 5.29. The van der Waals surface area contributed by atoms with E-state index in [0.29, 0.717) is 24.0 Å². The zero-order valence-electron chi connectivity index (χ0n) is 9.32. The van der Waals surface area contributed by atoms with Gasteiger partial charge in [-0.2, -0.15) is 5.10 Å². The Balaban J connectivity index is 2.23. The topological polar surface area (TPSA) is 58.8 Å². The molecule has 0 atom stereocenters. The van der Waals surface area contributed by atoms with Gasteiger partial charge >= 0.3 is 0 Å². The van der Waals surface area contributed by atoms with E-state index in [2.05, 4.69) is 15.8 Å². The molecule has 0 saturated heterocycles. The van der Waals surface area contributed by atoms with Crippen LogP contribution in [0.2, 0.25) is 0 Å². The first-order valence-electron chi connectivity index (χ1n) is 4.84. The summed E-state index contributed by atoms with van der Waals surface area (Å²) < 4.78 is 10.2. The second-order valence-corrected chi connectivity index (χ2v) is 3.48. The van der Waals surface area contributed by atoms with Crippen molar-refractivity contribution in [1.82, 2.24) is 10.7 Å². The molecule has 0 spiro atoms. The Kier molecular flexibility index (Phi) is 5.52. The summed E-state index contributed by atoms with van der Waals surface area (Å²) in [6, 6.07) is 3.71. The molecule has 0 saturated carbocycles. The molecule has 2 N–H and O–H groups in total. The van der Waals surface area contributed by atoms with Gasteiger partial charge in [0.2, 0.25) is 0 Å². The fourth-order valence-corrected chi connectivity index (χ4v) is 1.14. The van der Waals surface area contributed by atoms with Crippen molar-refractivity contribution in [3.05, 3.63) is 23.7 Å². The van der Waals surface area contributed by atoms with Crippen molar-refractivity contribution in [3.8, 4) is 0 Å². The number of hydrogen-bond donors (Lipinski definition) is 2. The van der Waals surface area contributed by atoms with Crippen LogP contribution in [0, 0.1) is 6.92 Å². The van der Waals surface area contributed by atoms with Crippen molar-refractivity contribution in [3.63, 3.8) is 0 Å². The molecule has 88 valence electrons. The zero-order valence-corrected chi connectivity index (χ0v) is 10.1. The third-order valence-corrected chi connectivity index (χ3v) is 1.95. The lowest BCUT2D eigenvalue weighted by molar-refractivity contribution is 0.204. The Labute approximate surface area is 99.9 Å². The van der Waals surface area contributed by atoms with Gasteiger partial charge in [0.1, 0.15) is 11.5 Å². The van der Waals surface area contributed by atoms with Crippen LogP contribution >= 0.6 is 12.2 Å². The predicted octanol–water partition coefficient (Wildman–Crippen LogP) is 1.03. The molecule has 16 heavy (non-hydrogen) atoms. The molecule has 0 amide bonds. The monoisotopic (exact) mass is 241 g/mol. The predicted molar refractivity (Wildman–Crippen MR) is 66.7 cm³/mol. The van der Waals surface area contributed by atoms with E-state index in [1.165, 1.54) is 0 Å². The SMILES string of the molecule is COCCNC(=S)N/N=C/c1ccc(C)o1. The second kappa shape index (κ2) is 6.97. The molecule has 1 aromatic rings. The Morgan fingerprint density at radius 2 is 2.44 bits per heavy atom. The van der Waals surface area contributed by atoms with E-state index < -0.39 is 0 Å². The Morgan fingerprint density at radius 1 is 1.62 bits per heavy atom. The van der Waals surface area contributed by atoms with Gasteiger partial charge in [-0.05, 0) is 31.3 Å². The van der Waals surface area contributed by atoms with E-state index >= 15 is 0 Å². The number of thiocarbonyl (C=S) groups is 1. The fourth-order valence-electron chi connectivity index (χ4n) is 0.983. The largest absolute Gasteiger partial charge is 0.460 e. The van der Waals surface area contributed by atoms with Gasteiger partial charge in [-0.1, -0.05) is 0 Å². The third-order valence-electron chi connectivity index (χ3n) is 1.71. The molecule has 0 aliphatic heterocycles. The summed E-state index contributed by atoms with van der Waals surface area (Å²) >= 11 is 4.97. The lowest BCUT2D eigenvalue weighted by Gasteiger charge is -2.04. The number of hydrazone groups is 1. The van der Waals surface area contributed by atoms with Crippen LogP contribution in [-0.4, -0.2) is 31.6 Å². The number of nitrogens with one attached hydrogen (secondary N) is 2. The van der Waals surface area contributed by atoms with E-state index in [1.54, 1.807) is 13.3 Å². The minimum Gasteiger partial charge on any atom is -0.460 e. The number of furan rings is 1. The summed E-state index contributed by atoms with van der Waals surface area (Å²) in [7, 11) is 1.63. The lowest BCUT2D eigenvalue weighted by atomic mass is 10.4. The molecule has 0 aromatic carbocycles. The van der Waals surface area contributed by atoms with Gasteiger partial charge in [-0.3, -0.25) is 5.43 Å². The highest BCUT2D eigenvalue weighted by Crippen LogP contribution is 2.02. The lowest BCUT2D eigenvalue weighted by Crippen LogP contribution is -2.34. The average Bonchev–Trinajstić information content (AvgIpc) is 2.65. The number of methoxy groups -OCH3 is 1. The van der Waals surface area contributed by atoms with Crippen molar-refractivity contribution in [2.45, 2.75) is 6.92 Å². The van der Waals surface area contributed by atoms with Crippen LogP contribution in [0.15, 0.2) is 21.7 Å². The number of nitrogens with zero attached hydrogens (tertiary/aromatic N) is 1. The van der Waals surface area contributed by atoms with Gasteiger partial charge in [0, 0.05) is 13.7 Å². The van der Waals surface area contributed by atoms with Gasteiger partial charge < -0.3 is 14.5 Å². The molecule has 0 aliphatic carbocycles. The molecule has 0 radical (unpaired) electrons. The molecule has 0 bridgehead atoms. The molecule has 0 unspecified atom stereocenters. The number of aryl methyl sites for hydroxylation is 1. The molecule has 1 aromatic heterocycles. The maximum Gasteiger partial charge on any atom is 0.187 e. The molecule has 5 nitrogen and oxygen atoms in total. The fraction of sp³-hybridized carbons (Fsp3) is 0.400. The van der Waals surface area contributed by atoms with Crippen molar-refractivity contribution in [2.75, 3.05) is 20.3 Å². The Hall–Kier alpha value is -1.40. The van der Waals surface area contributed by atoms with Crippen LogP contribution in [0.5, 0.6) is 0 Å². The summed E-state index contributed by atoms with van der Waals surface area (Å²) in [5.41, 5.74) is 2.67. The summed E-state index contributed by atoms with van der Waals surface area (Å²) in [6.07, 6.45) is 1.57.